The monoisotopic (exact) mass is 333 g/mol. The number of nitrogens with zero attached hydrogens (tertiary/aromatic N) is 1. The van der Waals surface area contributed by atoms with Gasteiger partial charge in [0.15, 0.2) is 0 Å². The zero-order valence-electron chi connectivity index (χ0n) is 16.2. The summed E-state index contributed by atoms with van der Waals surface area (Å²) >= 11 is 0. The molecule has 0 N–H and O–H groups in total. The molecule has 0 aliphatic rings. The van der Waals surface area contributed by atoms with Gasteiger partial charge in [-0.15, -0.1) is 0 Å². The topological polar surface area (TPSA) is 29.5 Å². The van der Waals surface area contributed by atoms with Gasteiger partial charge in [0.25, 0.3) is 0 Å². The van der Waals surface area contributed by atoms with Crippen molar-refractivity contribution in [2.75, 3.05) is 13.1 Å². The summed E-state index contributed by atoms with van der Waals surface area (Å²) in [5, 5.41) is 0. The van der Waals surface area contributed by atoms with Gasteiger partial charge in [-0.25, -0.2) is 4.79 Å². The van der Waals surface area contributed by atoms with Gasteiger partial charge < -0.3 is 9.64 Å². The SMILES string of the molecule is CCCN(CCC(C)C)C(=O)OCc1ccccc1C(CC)CC. The largest absolute Gasteiger partial charge is 0.445 e. The van der Waals surface area contributed by atoms with Gasteiger partial charge in [0, 0.05) is 13.1 Å². The quantitative estimate of drug-likeness (QED) is 0.526. The lowest BCUT2D eigenvalue weighted by atomic mass is 9.90. The molecule has 1 amide bonds. The van der Waals surface area contributed by atoms with Gasteiger partial charge in [0.2, 0.25) is 0 Å². The van der Waals surface area contributed by atoms with Crippen LogP contribution in [-0.4, -0.2) is 24.1 Å². The molecule has 0 atom stereocenters. The van der Waals surface area contributed by atoms with Crippen molar-refractivity contribution in [1.29, 1.82) is 0 Å². The van der Waals surface area contributed by atoms with E-state index in [2.05, 4.69) is 52.8 Å². The zero-order valence-corrected chi connectivity index (χ0v) is 16.2. The van der Waals surface area contributed by atoms with Crippen LogP contribution in [0, 0.1) is 5.92 Å². The van der Waals surface area contributed by atoms with Gasteiger partial charge >= 0.3 is 6.09 Å². The van der Waals surface area contributed by atoms with Crippen molar-refractivity contribution in [1.82, 2.24) is 4.90 Å². The molecule has 0 heterocycles. The highest BCUT2D eigenvalue weighted by Gasteiger charge is 2.17. The summed E-state index contributed by atoms with van der Waals surface area (Å²) in [6.07, 6.45) is 4.00. The molecular weight excluding hydrogens is 298 g/mol. The number of hydrogen-bond acceptors (Lipinski definition) is 2. The van der Waals surface area contributed by atoms with Crippen molar-refractivity contribution in [3.63, 3.8) is 0 Å². The van der Waals surface area contributed by atoms with Crippen LogP contribution in [0.25, 0.3) is 0 Å². The number of rotatable bonds is 10. The second-order valence-corrected chi connectivity index (χ2v) is 6.94. The van der Waals surface area contributed by atoms with E-state index in [9.17, 15) is 4.79 Å². The second kappa shape index (κ2) is 11.1. The Labute approximate surface area is 148 Å². The molecule has 0 unspecified atom stereocenters. The Morgan fingerprint density at radius 3 is 2.33 bits per heavy atom. The van der Waals surface area contributed by atoms with Crippen LogP contribution in [-0.2, 0) is 11.3 Å². The molecule has 0 spiro atoms. The summed E-state index contributed by atoms with van der Waals surface area (Å²) in [7, 11) is 0. The van der Waals surface area contributed by atoms with Crippen LogP contribution in [0.3, 0.4) is 0 Å². The maximum Gasteiger partial charge on any atom is 0.410 e. The summed E-state index contributed by atoms with van der Waals surface area (Å²) in [6, 6.07) is 8.35. The van der Waals surface area contributed by atoms with Crippen LogP contribution in [0.2, 0.25) is 0 Å². The standard InChI is InChI=1S/C21H35NO2/c1-6-14-22(15-13-17(4)5)21(23)24-16-19-11-9-10-12-20(19)18(7-2)8-3/h9-12,17-18H,6-8,13-16H2,1-5H3. The zero-order chi connectivity index (χ0) is 17.9. The Hall–Kier alpha value is -1.51. The minimum Gasteiger partial charge on any atom is -0.445 e. The maximum atomic E-state index is 12.4. The van der Waals surface area contributed by atoms with Crippen molar-refractivity contribution >= 4 is 6.09 Å². The molecular formula is C21H35NO2. The summed E-state index contributed by atoms with van der Waals surface area (Å²) in [5.41, 5.74) is 2.46. The molecule has 1 rings (SSSR count). The number of carbonyl (C=O) groups excluding carboxylic acids is 1. The predicted molar refractivity (Wildman–Crippen MR) is 101 cm³/mol. The molecule has 0 bridgehead atoms. The first kappa shape index (κ1) is 20.5. The van der Waals surface area contributed by atoms with E-state index in [1.54, 1.807) is 0 Å². The van der Waals surface area contributed by atoms with E-state index in [1.807, 2.05) is 11.0 Å². The van der Waals surface area contributed by atoms with Gasteiger partial charge in [0.05, 0.1) is 0 Å². The molecule has 0 fully saturated rings. The van der Waals surface area contributed by atoms with Crippen molar-refractivity contribution in [2.45, 2.75) is 72.8 Å². The first-order valence-corrected chi connectivity index (χ1v) is 9.52. The van der Waals surface area contributed by atoms with Gasteiger partial charge in [-0.3, -0.25) is 0 Å². The lowest BCUT2D eigenvalue weighted by Gasteiger charge is -2.23. The second-order valence-electron chi connectivity index (χ2n) is 6.94. The normalized spacial score (nSPS) is 11.1. The van der Waals surface area contributed by atoms with Crippen molar-refractivity contribution in [2.24, 2.45) is 5.92 Å². The van der Waals surface area contributed by atoms with Crippen LogP contribution in [0.4, 0.5) is 4.79 Å². The fourth-order valence-corrected chi connectivity index (χ4v) is 3.00. The van der Waals surface area contributed by atoms with Gasteiger partial charge in [-0.05, 0) is 48.6 Å². The molecule has 24 heavy (non-hydrogen) atoms. The molecule has 0 aromatic heterocycles. The fraction of sp³-hybridized carbons (Fsp3) is 0.667. The number of hydrogen-bond donors (Lipinski definition) is 0. The molecule has 0 saturated heterocycles. The highest BCUT2D eigenvalue weighted by Crippen LogP contribution is 2.26. The summed E-state index contributed by atoms with van der Waals surface area (Å²) < 4.78 is 5.64. The molecule has 0 aliphatic carbocycles. The molecule has 0 radical (unpaired) electrons. The van der Waals surface area contributed by atoms with Crippen molar-refractivity contribution in [3.8, 4) is 0 Å². The summed E-state index contributed by atoms with van der Waals surface area (Å²) in [6.45, 7) is 12.8. The van der Waals surface area contributed by atoms with Crippen LogP contribution in [0.5, 0.6) is 0 Å². The number of amides is 1. The number of carbonyl (C=O) groups is 1. The summed E-state index contributed by atoms with van der Waals surface area (Å²) in [5.74, 6) is 1.13. The maximum absolute atomic E-state index is 12.4. The highest BCUT2D eigenvalue weighted by atomic mass is 16.6. The van der Waals surface area contributed by atoms with Gasteiger partial charge in [0.1, 0.15) is 6.61 Å². The van der Waals surface area contributed by atoms with E-state index in [0.717, 1.165) is 44.3 Å². The van der Waals surface area contributed by atoms with E-state index in [0.29, 0.717) is 18.4 Å². The first-order chi connectivity index (χ1) is 11.5. The van der Waals surface area contributed by atoms with Crippen molar-refractivity contribution in [3.05, 3.63) is 35.4 Å². The predicted octanol–water partition coefficient (Wildman–Crippen LogP) is 5.98. The lowest BCUT2D eigenvalue weighted by Crippen LogP contribution is -2.33. The third-order valence-electron chi connectivity index (χ3n) is 4.56. The molecule has 136 valence electrons. The fourth-order valence-electron chi connectivity index (χ4n) is 3.00. The average molecular weight is 334 g/mol. The van der Waals surface area contributed by atoms with Crippen LogP contribution in [0.1, 0.15) is 77.3 Å². The highest BCUT2D eigenvalue weighted by molar-refractivity contribution is 5.67. The van der Waals surface area contributed by atoms with Crippen molar-refractivity contribution < 1.29 is 9.53 Å². The van der Waals surface area contributed by atoms with E-state index < -0.39 is 0 Å². The Balaban J connectivity index is 2.71. The minimum atomic E-state index is -0.183. The molecule has 0 aliphatic heterocycles. The minimum absolute atomic E-state index is 0.183. The molecule has 1 aromatic carbocycles. The van der Waals surface area contributed by atoms with E-state index >= 15 is 0 Å². The van der Waals surface area contributed by atoms with Gasteiger partial charge in [-0.2, -0.15) is 0 Å². The third kappa shape index (κ3) is 6.54. The Kier molecular flexibility index (Phi) is 9.51. The first-order valence-electron chi connectivity index (χ1n) is 9.52. The number of benzene rings is 1. The molecule has 3 heteroatoms. The van der Waals surface area contributed by atoms with Crippen LogP contribution in [0.15, 0.2) is 24.3 Å². The number of ether oxygens (including phenoxy) is 1. The molecule has 0 saturated carbocycles. The van der Waals surface area contributed by atoms with E-state index in [1.165, 1.54) is 5.56 Å². The Bertz CT molecular complexity index is 480. The average Bonchev–Trinajstić information content (AvgIpc) is 2.58. The third-order valence-corrected chi connectivity index (χ3v) is 4.56. The van der Waals surface area contributed by atoms with E-state index in [4.69, 9.17) is 4.74 Å². The van der Waals surface area contributed by atoms with Crippen LogP contribution >= 0.6 is 0 Å². The van der Waals surface area contributed by atoms with Gasteiger partial charge in [-0.1, -0.05) is 58.9 Å². The van der Waals surface area contributed by atoms with Crippen LogP contribution < -0.4 is 0 Å². The van der Waals surface area contributed by atoms with E-state index in [-0.39, 0.29) is 6.09 Å². The smallest absolute Gasteiger partial charge is 0.410 e. The Morgan fingerprint density at radius 2 is 1.75 bits per heavy atom. The Morgan fingerprint density at radius 1 is 1.08 bits per heavy atom. The molecule has 1 aromatic rings. The summed E-state index contributed by atoms with van der Waals surface area (Å²) in [4.78, 5) is 14.3. The lowest BCUT2D eigenvalue weighted by molar-refractivity contribution is 0.0941. The molecule has 3 nitrogen and oxygen atoms in total.